The number of nitrogens with one attached hydrogen (secondary N) is 3. The maximum atomic E-state index is 13.5. The summed E-state index contributed by atoms with van der Waals surface area (Å²) in [4.78, 5) is 43.4. The largest absolute Gasteiger partial charge is 0.361 e. The highest BCUT2D eigenvalue weighted by Gasteiger charge is 2.67. The normalized spacial score (nSPS) is 22.5. The van der Waals surface area contributed by atoms with E-state index in [1.54, 1.807) is 6.20 Å². The molecule has 2 saturated heterocycles. The van der Waals surface area contributed by atoms with Crippen molar-refractivity contribution in [3.8, 4) is 0 Å². The smallest absolute Gasteiger partial charge is 0.245 e. The minimum absolute atomic E-state index is 0.119. The van der Waals surface area contributed by atoms with Crippen LogP contribution in [0, 0.1) is 0 Å². The van der Waals surface area contributed by atoms with Crippen LogP contribution in [0.3, 0.4) is 0 Å². The lowest BCUT2D eigenvalue weighted by Crippen LogP contribution is -2.61. The van der Waals surface area contributed by atoms with Crippen molar-refractivity contribution in [2.45, 2.75) is 55.4 Å². The van der Waals surface area contributed by atoms with Gasteiger partial charge in [0.15, 0.2) is 9.84 Å². The molecule has 10 heteroatoms. The number of amides is 3. The van der Waals surface area contributed by atoms with Crippen molar-refractivity contribution in [1.29, 1.82) is 0 Å². The number of hydrogen-bond acceptors (Lipinski definition) is 5. The van der Waals surface area contributed by atoms with Gasteiger partial charge >= 0.3 is 0 Å². The maximum absolute atomic E-state index is 13.5. The fourth-order valence-corrected chi connectivity index (χ4v) is 7.28. The fraction of sp³-hybridized carbons (Fsp3) is 0.346. The van der Waals surface area contributed by atoms with Crippen molar-refractivity contribution >= 4 is 38.5 Å². The number of fused-ring (bicyclic) bond motifs is 2. The molecule has 3 N–H and O–H groups in total. The molecule has 2 aromatic carbocycles. The van der Waals surface area contributed by atoms with Gasteiger partial charge in [-0.15, -0.1) is 0 Å². The highest BCUT2D eigenvalue weighted by molar-refractivity contribution is 7.93. The van der Waals surface area contributed by atoms with Crippen molar-refractivity contribution < 1.29 is 22.8 Å². The van der Waals surface area contributed by atoms with Gasteiger partial charge < -0.3 is 20.5 Å². The molecule has 0 saturated carbocycles. The maximum Gasteiger partial charge on any atom is 0.245 e. The van der Waals surface area contributed by atoms with Crippen molar-refractivity contribution in [2.75, 3.05) is 0 Å². The number of aromatic nitrogens is 1. The summed E-state index contributed by atoms with van der Waals surface area (Å²) < 4.78 is 24.4. The SMILES string of the molecule is CC1(C)[C@H](C(=O)N[C@@H](Cc2c[nH]c3ccccc23)C(=O)NCc2ccccc2)N2C(=O)C[C@H]2S1(=O)=O. The number of carbonyl (C=O) groups excluding carboxylic acids is 3. The molecule has 1 aromatic heterocycles. The van der Waals surface area contributed by atoms with E-state index in [4.69, 9.17) is 0 Å². The summed E-state index contributed by atoms with van der Waals surface area (Å²) in [6.07, 6.45) is 1.87. The fourth-order valence-electron chi connectivity index (χ4n) is 5.14. The van der Waals surface area contributed by atoms with Gasteiger partial charge in [-0.1, -0.05) is 48.5 Å². The summed E-state index contributed by atoms with van der Waals surface area (Å²) in [6.45, 7) is 3.20. The van der Waals surface area contributed by atoms with Gasteiger partial charge in [0.2, 0.25) is 17.7 Å². The van der Waals surface area contributed by atoms with E-state index in [1.165, 1.54) is 13.8 Å². The topological polar surface area (TPSA) is 128 Å². The first-order chi connectivity index (χ1) is 17.1. The number of benzene rings is 2. The Bertz CT molecular complexity index is 1450. The molecular formula is C26H28N4O5S. The number of β-lactam (4-membered cyclic amide) rings is 1. The molecule has 9 nitrogen and oxygen atoms in total. The van der Waals surface area contributed by atoms with E-state index in [-0.39, 0.29) is 25.3 Å². The number of nitrogens with zero attached hydrogens (tertiary/aromatic N) is 1. The molecule has 36 heavy (non-hydrogen) atoms. The van der Waals surface area contributed by atoms with Gasteiger partial charge in [0.25, 0.3) is 0 Å². The standard InChI is InChI=1S/C26H28N4O5S/c1-26(2)23(30-21(31)13-22(30)36(26,34)35)25(33)29-20(24(32)28-14-16-8-4-3-5-9-16)12-17-15-27-19-11-7-6-10-18(17)19/h3-11,15,20,22-23,27H,12-14H2,1-2H3,(H,28,32)(H,29,33)/t20-,22+,23-/m0/s1. The Balaban J connectivity index is 1.41. The molecular weight excluding hydrogens is 480 g/mol. The Labute approximate surface area is 209 Å². The highest BCUT2D eigenvalue weighted by Crippen LogP contribution is 2.45. The van der Waals surface area contributed by atoms with E-state index in [0.29, 0.717) is 0 Å². The Kier molecular flexibility index (Phi) is 5.86. The first kappa shape index (κ1) is 24.1. The summed E-state index contributed by atoms with van der Waals surface area (Å²) in [5.74, 6) is -1.43. The Morgan fingerprint density at radius 2 is 1.81 bits per heavy atom. The van der Waals surface area contributed by atoms with Gasteiger partial charge in [0, 0.05) is 30.1 Å². The van der Waals surface area contributed by atoms with E-state index in [9.17, 15) is 22.8 Å². The Morgan fingerprint density at radius 3 is 2.53 bits per heavy atom. The lowest BCUT2D eigenvalue weighted by molar-refractivity contribution is -0.150. The van der Waals surface area contributed by atoms with Crippen molar-refractivity contribution in [3.05, 3.63) is 71.9 Å². The number of hydrogen-bond donors (Lipinski definition) is 3. The van der Waals surface area contributed by atoms with Crippen LogP contribution in [0.5, 0.6) is 0 Å². The van der Waals surface area contributed by atoms with Crippen LogP contribution in [-0.2, 0) is 37.2 Å². The van der Waals surface area contributed by atoms with Gasteiger partial charge in [0.1, 0.15) is 17.5 Å². The second-order valence-corrected chi connectivity index (χ2v) is 12.5. The van der Waals surface area contributed by atoms with E-state index < -0.39 is 43.9 Å². The Hall–Kier alpha value is -3.66. The van der Waals surface area contributed by atoms with Crippen LogP contribution >= 0.6 is 0 Å². The molecule has 5 rings (SSSR count). The quantitative estimate of drug-likeness (QED) is 0.418. The molecule has 2 aliphatic heterocycles. The van der Waals surface area contributed by atoms with Gasteiger partial charge in [-0.2, -0.15) is 0 Å². The van der Waals surface area contributed by atoms with E-state index in [1.807, 2.05) is 54.6 Å². The van der Waals surface area contributed by atoms with E-state index >= 15 is 0 Å². The summed E-state index contributed by atoms with van der Waals surface area (Å²) in [7, 11) is -3.74. The molecule has 3 amide bonds. The number of H-pyrrole nitrogens is 1. The first-order valence-electron chi connectivity index (χ1n) is 11.8. The van der Waals surface area contributed by atoms with Crippen LogP contribution in [0.2, 0.25) is 0 Å². The molecule has 3 heterocycles. The van der Waals surface area contributed by atoms with Gasteiger partial charge in [0.05, 0.1) is 11.2 Å². The average Bonchev–Trinajstić information content (AvgIpc) is 3.31. The number of para-hydroxylation sites is 1. The average molecular weight is 509 g/mol. The molecule has 0 bridgehead atoms. The van der Waals surface area contributed by atoms with E-state index in [2.05, 4.69) is 15.6 Å². The zero-order chi connectivity index (χ0) is 25.7. The van der Waals surface area contributed by atoms with Gasteiger partial charge in [-0.05, 0) is 31.0 Å². The first-order valence-corrected chi connectivity index (χ1v) is 13.4. The Morgan fingerprint density at radius 1 is 1.11 bits per heavy atom. The molecule has 3 atom stereocenters. The van der Waals surface area contributed by atoms with Crippen LogP contribution in [0.1, 0.15) is 31.4 Å². The van der Waals surface area contributed by atoms with Crippen LogP contribution in [0.25, 0.3) is 10.9 Å². The zero-order valence-corrected chi connectivity index (χ0v) is 20.8. The lowest BCUT2D eigenvalue weighted by atomic mass is 9.96. The third-order valence-electron chi connectivity index (χ3n) is 7.27. The zero-order valence-electron chi connectivity index (χ0n) is 20.0. The molecule has 2 fully saturated rings. The minimum Gasteiger partial charge on any atom is -0.361 e. The number of aromatic amines is 1. The molecule has 2 aliphatic rings. The second-order valence-electron chi connectivity index (χ2n) is 9.84. The molecule has 188 valence electrons. The molecule has 0 aliphatic carbocycles. The molecule has 3 aromatic rings. The van der Waals surface area contributed by atoms with Gasteiger partial charge in [-0.25, -0.2) is 8.42 Å². The summed E-state index contributed by atoms with van der Waals surface area (Å²) in [5, 5.41) is 5.58. The van der Waals surface area contributed by atoms with Gasteiger partial charge in [-0.3, -0.25) is 14.4 Å². The van der Waals surface area contributed by atoms with Crippen molar-refractivity contribution in [2.24, 2.45) is 0 Å². The number of carbonyl (C=O) groups is 3. The van der Waals surface area contributed by atoms with Crippen LogP contribution in [0.15, 0.2) is 60.8 Å². The van der Waals surface area contributed by atoms with Crippen LogP contribution in [0.4, 0.5) is 0 Å². The summed E-state index contributed by atoms with van der Waals surface area (Å²) in [5.41, 5.74) is 2.64. The number of sulfone groups is 1. The van der Waals surface area contributed by atoms with Crippen LogP contribution in [-0.4, -0.2) is 58.2 Å². The predicted molar refractivity (Wildman–Crippen MR) is 134 cm³/mol. The summed E-state index contributed by atoms with van der Waals surface area (Å²) >= 11 is 0. The molecule has 0 radical (unpaired) electrons. The minimum atomic E-state index is -3.74. The lowest BCUT2D eigenvalue weighted by Gasteiger charge is -2.37. The number of rotatable bonds is 7. The molecule has 0 unspecified atom stereocenters. The predicted octanol–water partition coefficient (Wildman–Crippen LogP) is 1.65. The van der Waals surface area contributed by atoms with Crippen molar-refractivity contribution in [1.82, 2.24) is 20.5 Å². The molecule has 0 spiro atoms. The summed E-state index contributed by atoms with van der Waals surface area (Å²) in [6, 6.07) is 14.8. The monoisotopic (exact) mass is 508 g/mol. The highest BCUT2D eigenvalue weighted by atomic mass is 32.2. The van der Waals surface area contributed by atoms with E-state index in [0.717, 1.165) is 26.9 Å². The third-order valence-corrected chi connectivity index (χ3v) is 10.1. The van der Waals surface area contributed by atoms with Crippen LogP contribution < -0.4 is 10.6 Å². The third kappa shape index (κ3) is 3.85. The second kappa shape index (κ2) is 8.77. The van der Waals surface area contributed by atoms with Crippen molar-refractivity contribution in [3.63, 3.8) is 0 Å².